The Hall–Kier alpha value is -1.19. The van der Waals surface area contributed by atoms with Gasteiger partial charge in [-0.1, -0.05) is 6.07 Å². The van der Waals surface area contributed by atoms with Gasteiger partial charge in [-0.25, -0.2) is 0 Å². The van der Waals surface area contributed by atoms with E-state index in [0.717, 1.165) is 12.1 Å². The molecule has 0 saturated carbocycles. The van der Waals surface area contributed by atoms with E-state index in [9.17, 15) is 17.6 Å². The van der Waals surface area contributed by atoms with Gasteiger partial charge in [0.1, 0.15) is 0 Å². The van der Waals surface area contributed by atoms with Crippen LogP contribution in [0.5, 0.6) is 0 Å². The maximum Gasteiger partial charge on any atom is 0.395 e. The zero-order valence-electron chi connectivity index (χ0n) is 5.90. The predicted molar refractivity (Wildman–Crippen MR) is 36.0 cm³/mol. The van der Waals surface area contributed by atoms with Crippen LogP contribution in [-0.2, 0) is 0 Å². The summed E-state index contributed by atoms with van der Waals surface area (Å²) in [6, 6.07) is 6.36. The molecule has 0 amide bonds. The van der Waals surface area contributed by atoms with Gasteiger partial charge in [0.2, 0.25) is 0 Å². The van der Waals surface area contributed by atoms with Crippen LogP contribution in [0.2, 0.25) is 0 Å². The molecule has 66 valence electrons. The molecule has 1 rings (SSSR count). The average molecular weight is 177 g/mol. The first-order valence-corrected chi connectivity index (χ1v) is 3.17. The fraction of sp³-hybridized carbons (Fsp3) is 0.125. The molecule has 12 heavy (non-hydrogen) atoms. The standard InChI is InChI=1S/C8H5F4/c9-7(8(10,11)12)6-4-2-1-3-5-6/h1-5H/q-1. The molecule has 0 radical (unpaired) electrons. The number of halogens is 4. The Morgan fingerprint density at radius 2 is 1.50 bits per heavy atom. The van der Waals surface area contributed by atoms with Crippen molar-refractivity contribution in [2.24, 2.45) is 0 Å². The first kappa shape index (κ1) is 8.90. The van der Waals surface area contributed by atoms with Crippen LogP contribution in [0.3, 0.4) is 0 Å². The third-order valence-electron chi connectivity index (χ3n) is 1.28. The second kappa shape index (κ2) is 3.05. The fourth-order valence-electron chi connectivity index (χ4n) is 0.748. The lowest BCUT2D eigenvalue weighted by atomic mass is 10.1. The van der Waals surface area contributed by atoms with Crippen LogP contribution in [0.1, 0.15) is 5.56 Å². The van der Waals surface area contributed by atoms with Crippen molar-refractivity contribution < 1.29 is 17.6 Å². The van der Waals surface area contributed by atoms with Crippen LogP contribution in [0.25, 0.3) is 0 Å². The van der Waals surface area contributed by atoms with Gasteiger partial charge in [-0.2, -0.15) is 25.3 Å². The molecule has 0 fully saturated rings. The molecule has 0 atom stereocenters. The highest BCUT2D eigenvalue weighted by Crippen LogP contribution is 2.34. The minimum absolute atomic E-state index is 0.440. The van der Waals surface area contributed by atoms with Gasteiger partial charge in [0, 0.05) is 0 Å². The SMILES string of the molecule is F[C-](c1ccccc1)C(F)(F)F. The van der Waals surface area contributed by atoms with Crippen LogP contribution in [0, 0.1) is 6.17 Å². The molecule has 0 aromatic heterocycles. The summed E-state index contributed by atoms with van der Waals surface area (Å²) in [7, 11) is 0. The van der Waals surface area contributed by atoms with E-state index in [1.807, 2.05) is 0 Å². The average Bonchev–Trinajstić information content (AvgIpc) is 2.03. The molecule has 4 heteroatoms. The molecule has 0 aliphatic carbocycles. The van der Waals surface area contributed by atoms with Gasteiger partial charge in [0.25, 0.3) is 0 Å². The van der Waals surface area contributed by atoms with E-state index in [-0.39, 0.29) is 0 Å². The topological polar surface area (TPSA) is 0 Å². The normalized spacial score (nSPS) is 11.3. The quantitative estimate of drug-likeness (QED) is 0.456. The van der Waals surface area contributed by atoms with Crippen LogP contribution in [0.4, 0.5) is 17.6 Å². The number of rotatable bonds is 1. The highest BCUT2D eigenvalue weighted by atomic mass is 19.4. The highest BCUT2D eigenvalue weighted by Gasteiger charge is 2.34. The molecular weight excluding hydrogens is 172 g/mol. The summed E-state index contributed by atoms with van der Waals surface area (Å²) in [4.78, 5) is 0. The Bertz CT molecular complexity index is 239. The van der Waals surface area contributed by atoms with Gasteiger partial charge < -0.3 is 0 Å². The molecule has 0 heterocycles. The molecule has 0 spiro atoms. The number of hydrogen-bond donors (Lipinski definition) is 0. The second-order valence-electron chi connectivity index (χ2n) is 2.18. The zero-order valence-corrected chi connectivity index (χ0v) is 5.90. The Morgan fingerprint density at radius 1 is 1.00 bits per heavy atom. The summed E-state index contributed by atoms with van der Waals surface area (Å²) in [5.41, 5.74) is -0.440. The molecule has 0 bridgehead atoms. The molecular formula is C8H5F4-. The lowest BCUT2D eigenvalue weighted by molar-refractivity contribution is -0.130. The molecule has 1 aromatic rings. The predicted octanol–water partition coefficient (Wildman–Crippen LogP) is 3.10. The van der Waals surface area contributed by atoms with E-state index < -0.39 is 17.9 Å². The van der Waals surface area contributed by atoms with Crippen molar-refractivity contribution in [3.05, 3.63) is 42.1 Å². The minimum atomic E-state index is -4.89. The fourth-order valence-corrected chi connectivity index (χ4v) is 0.748. The van der Waals surface area contributed by atoms with E-state index >= 15 is 0 Å². The van der Waals surface area contributed by atoms with Gasteiger partial charge >= 0.3 is 6.18 Å². The van der Waals surface area contributed by atoms with Gasteiger partial charge in [-0.05, 0) is 0 Å². The number of alkyl halides is 3. The van der Waals surface area contributed by atoms with E-state index in [2.05, 4.69) is 0 Å². The van der Waals surface area contributed by atoms with Crippen LogP contribution < -0.4 is 0 Å². The Balaban J connectivity index is 2.86. The molecule has 1 aromatic carbocycles. The Kier molecular flexibility index (Phi) is 2.26. The van der Waals surface area contributed by atoms with Crippen molar-refractivity contribution >= 4 is 0 Å². The van der Waals surface area contributed by atoms with Crippen molar-refractivity contribution in [2.45, 2.75) is 6.18 Å². The van der Waals surface area contributed by atoms with E-state index in [1.54, 1.807) is 0 Å². The van der Waals surface area contributed by atoms with Gasteiger partial charge in [0.05, 0.1) is 6.17 Å². The zero-order chi connectivity index (χ0) is 9.19. The molecule has 0 saturated heterocycles. The first-order chi connectivity index (χ1) is 5.52. The molecule has 0 aliphatic heterocycles. The van der Waals surface area contributed by atoms with Crippen molar-refractivity contribution in [3.8, 4) is 0 Å². The van der Waals surface area contributed by atoms with Crippen LogP contribution in [0.15, 0.2) is 30.3 Å². The minimum Gasteiger partial charge on any atom is -0.279 e. The smallest absolute Gasteiger partial charge is 0.279 e. The Morgan fingerprint density at radius 3 is 1.92 bits per heavy atom. The molecule has 0 N–H and O–H groups in total. The molecule has 0 unspecified atom stereocenters. The summed E-state index contributed by atoms with van der Waals surface area (Å²) in [5, 5.41) is 0. The van der Waals surface area contributed by atoms with E-state index in [4.69, 9.17) is 0 Å². The highest BCUT2D eigenvalue weighted by molar-refractivity contribution is 5.28. The summed E-state index contributed by atoms with van der Waals surface area (Å²) >= 11 is 0. The van der Waals surface area contributed by atoms with E-state index in [0.29, 0.717) is 0 Å². The van der Waals surface area contributed by atoms with Crippen molar-refractivity contribution in [2.75, 3.05) is 0 Å². The summed E-state index contributed by atoms with van der Waals surface area (Å²) < 4.78 is 47.6. The largest absolute Gasteiger partial charge is 0.395 e. The van der Waals surface area contributed by atoms with Gasteiger partial charge in [-0.15, -0.1) is 17.7 Å². The third-order valence-corrected chi connectivity index (χ3v) is 1.28. The molecule has 0 aliphatic rings. The monoisotopic (exact) mass is 177 g/mol. The van der Waals surface area contributed by atoms with Crippen molar-refractivity contribution in [1.29, 1.82) is 0 Å². The summed E-state index contributed by atoms with van der Waals surface area (Å²) in [6.45, 7) is 0. The second-order valence-corrected chi connectivity index (χ2v) is 2.18. The van der Waals surface area contributed by atoms with Gasteiger partial charge in [0.15, 0.2) is 0 Å². The van der Waals surface area contributed by atoms with Crippen LogP contribution in [-0.4, -0.2) is 6.18 Å². The van der Waals surface area contributed by atoms with Crippen LogP contribution >= 0.6 is 0 Å². The molecule has 0 nitrogen and oxygen atoms in total. The Labute approximate surface area is 66.8 Å². The third kappa shape index (κ3) is 1.90. The number of benzene rings is 1. The maximum atomic E-state index is 12.4. The number of hydrogen-bond acceptors (Lipinski definition) is 0. The lowest BCUT2D eigenvalue weighted by Crippen LogP contribution is -2.17. The lowest BCUT2D eigenvalue weighted by Gasteiger charge is -2.19. The van der Waals surface area contributed by atoms with Gasteiger partial charge in [-0.3, -0.25) is 4.39 Å². The first-order valence-electron chi connectivity index (χ1n) is 3.17. The van der Waals surface area contributed by atoms with Crippen molar-refractivity contribution in [1.82, 2.24) is 0 Å². The van der Waals surface area contributed by atoms with E-state index in [1.165, 1.54) is 18.2 Å². The maximum absolute atomic E-state index is 12.4. The summed E-state index contributed by atoms with van der Waals surface area (Å²) in [5.74, 6) is 0. The summed E-state index contributed by atoms with van der Waals surface area (Å²) in [6.07, 6.45) is -6.94. The van der Waals surface area contributed by atoms with Crippen molar-refractivity contribution in [3.63, 3.8) is 0 Å².